The normalized spacial score (nSPS) is 14.4. The van der Waals surface area contributed by atoms with Crippen LogP contribution in [0.3, 0.4) is 0 Å². The molecule has 5 heteroatoms. The summed E-state index contributed by atoms with van der Waals surface area (Å²) in [7, 11) is 0. The monoisotopic (exact) mass is 383 g/mol. The van der Waals surface area contributed by atoms with E-state index in [1.54, 1.807) is 17.3 Å². The minimum absolute atomic E-state index is 0.340. The predicted octanol–water partition coefficient (Wildman–Crippen LogP) is 3.18. The molecule has 0 aliphatic carbocycles. The summed E-state index contributed by atoms with van der Waals surface area (Å²) in [5.74, 6) is -1.75. The smallest absolute Gasteiger partial charge is 0.247 e. The summed E-state index contributed by atoms with van der Waals surface area (Å²) in [6, 6.07) is 23.5. The first-order valence-electron chi connectivity index (χ1n) is 9.34. The number of primary amides is 2. The lowest BCUT2D eigenvalue weighted by Crippen LogP contribution is -2.32. The number of amides is 2. The highest BCUT2D eigenvalue weighted by Crippen LogP contribution is 2.37. The molecule has 1 aliphatic heterocycles. The van der Waals surface area contributed by atoms with Crippen molar-refractivity contribution in [2.75, 3.05) is 0 Å². The van der Waals surface area contributed by atoms with E-state index in [0.29, 0.717) is 17.7 Å². The Kier molecular flexibility index (Phi) is 4.87. The van der Waals surface area contributed by atoms with Gasteiger partial charge in [-0.05, 0) is 21.9 Å². The summed E-state index contributed by atoms with van der Waals surface area (Å²) in [4.78, 5) is 26.4. The van der Waals surface area contributed by atoms with Crippen LogP contribution in [0.1, 0.15) is 17.0 Å². The number of nitrogens with two attached hydrogens (primary N) is 2. The van der Waals surface area contributed by atoms with E-state index < -0.39 is 17.7 Å². The number of rotatable bonds is 5. The molecular formula is C24H21N3O2. The lowest BCUT2D eigenvalue weighted by Gasteiger charge is -2.30. The zero-order valence-electron chi connectivity index (χ0n) is 15.8. The van der Waals surface area contributed by atoms with Gasteiger partial charge in [-0.2, -0.15) is 0 Å². The second-order valence-electron chi connectivity index (χ2n) is 7.09. The Hall–Kier alpha value is -3.86. The van der Waals surface area contributed by atoms with Crippen molar-refractivity contribution in [2.45, 2.75) is 12.5 Å². The molecule has 2 amide bonds. The molecule has 1 aliphatic rings. The Labute approximate surface area is 168 Å². The zero-order chi connectivity index (χ0) is 20.4. The van der Waals surface area contributed by atoms with Crippen LogP contribution >= 0.6 is 0 Å². The van der Waals surface area contributed by atoms with Crippen molar-refractivity contribution in [3.8, 4) is 0 Å². The van der Waals surface area contributed by atoms with E-state index in [-0.39, 0.29) is 0 Å². The highest BCUT2D eigenvalue weighted by Gasteiger charge is 2.32. The maximum Gasteiger partial charge on any atom is 0.247 e. The van der Waals surface area contributed by atoms with Crippen LogP contribution in [-0.2, 0) is 16.1 Å². The Morgan fingerprint density at radius 1 is 0.759 bits per heavy atom. The van der Waals surface area contributed by atoms with E-state index in [9.17, 15) is 9.59 Å². The second kappa shape index (κ2) is 7.64. The van der Waals surface area contributed by atoms with E-state index in [1.165, 1.54) is 0 Å². The van der Waals surface area contributed by atoms with E-state index in [2.05, 4.69) is 0 Å². The van der Waals surface area contributed by atoms with Crippen LogP contribution in [0.5, 0.6) is 0 Å². The molecule has 0 radical (unpaired) electrons. The molecule has 0 atom stereocenters. The van der Waals surface area contributed by atoms with E-state index >= 15 is 0 Å². The van der Waals surface area contributed by atoms with Crippen molar-refractivity contribution in [2.24, 2.45) is 11.5 Å². The number of benzene rings is 3. The van der Waals surface area contributed by atoms with Crippen molar-refractivity contribution in [1.29, 1.82) is 0 Å². The Balaban J connectivity index is 1.79. The standard InChI is InChI=1S/C24H21N3O2/c25-23(28)20-14-27(13-16-6-2-1-3-7-16)15-21(24(26)29)22(20)19-11-10-17-8-4-5-9-18(17)12-19/h1-12,14-15,22H,13H2,(H2,25,28)(H2,26,29). The van der Waals surface area contributed by atoms with Gasteiger partial charge in [-0.25, -0.2) is 0 Å². The third kappa shape index (κ3) is 3.75. The van der Waals surface area contributed by atoms with Crippen LogP contribution in [0, 0.1) is 0 Å². The molecule has 4 N–H and O–H groups in total. The van der Waals surface area contributed by atoms with Crippen molar-refractivity contribution in [1.82, 2.24) is 4.90 Å². The van der Waals surface area contributed by atoms with Gasteiger partial charge in [0.2, 0.25) is 11.8 Å². The molecule has 5 nitrogen and oxygen atoms in total. The van der Waals surface area contributed by atoms with Gasteiger partial charge in [-0.1, -0.05) is 72.8 Å². The number of hydrogen-bond acceptors (Lipinski definition) is 3. The molecule has 0 fully saturated rings. The van der Waals surface area contributed by atoms with E-state index in [1.807, 2.05) is 72.8 Å². The molecule has 4 rings (SSSR count). The Morgan fingerprint density at radius 2 is 1.34 bits per heavy atom. The average Bonchev–Trinajstić information content (AvgIpc) is 2.73. The van der Waals surface area contributed by atoms with Crippen molar-refractivity contribution < 1.29 is 9.59 Å². The zero-order valence-corrected chi connectivity index (χ0v) is 15.8. The van der Waals surface area contributed by atoms with Gasteiger partial charge in [0.15, 0.2) is 0 Å². The molecule has 1 heterocycles. The molecule has 3 aromatic carbocycles. The second-order valence-corrected chi connectivity index (χ2v) is 7.09. The van der Waals surface area contributed by atoms with Crippen LogP contribution in [0.4, 0.5) is 0 Å². The molecule has 29 heavy (non-hydrogen) atoms. The van der Waals surface area contributed by atoms with Gasteiger partial charge in [-0.15, -0.1) is 0 Å². The minimum atomic E-state index is -0.596. The summed E-state index contributed by atoms with van der Waals surface area (Å²) in [5.41, 5.74) is 13.9. The summed E-state index contributed by atoms with van der Waals surface area (Å²) in [6.45, 7) is 0.499. The van der Waals surface area contributed by atoms with Crippen molar-refractivity contribution >= 4 is 22.6 Å². The van der Waals surface area contributed by atoms with Gasteiger partial charge < -0.3 is 16.4 Å². The highest BCUT2D eigenvalue weighted by atomic mass is 16.1. The van der Waals surface area contributed by atoms with Crippen LogP contribution in [0.15, 0.2) is 96.3 Å². The minimum Gasteiger partial charge on any atom is -0.366 e. The number of carbonyl (C=O) groups excluding carboxylic acids is 2. The molecule has 0 saturated heterocycles. The molecule has 0 saturated carbocycles. The Morgan fingerprint density at radius 3 is 1.97 bits per heavy atom. The molecule has 0 unspecified atom stereocenters. The molecule has 0 bridgehead atoms. The fraction of sp³-hybridized carbons (Fsp3) is 0.0833. The average molecular weight is 383 g/mol. The van der Waals surface area contributed by atoms with Crippen LogP contribution < -0.4 is 11.5 Å². The highest BCUT2D eigenvalue weighted by molar-refractivity contribution is 6.01. The van der Waals surface area contributed by atoms with Gasteiger partial charge in [0, 0.05) is 36.0 Å². The summed E-state index contributed by atoms with van der Waals surface area (Å²) in [6.07, 6.45) is 3.42. The largest absolute Gasteiger partial charge is 0.366 e. The van der Waals surface area contributed by atoms with Crippen LogP contribution in [0.2, 0.25) is 0 Å². The lowest BCUT2D eigenvalue weighted by atomic mass is 9.82. The maximum absolute atomic E-state index is 12.3. The quantitative estimate of drug-likeness (QED) is 0.709. The molecule has 3 aromatic rings. The summed E-state index contributed by atoms with van der Waals surface area (Å²) >= 11 is 0. The van der Waals surface area contributed by atoms with E-state index in [4.69, 9.17) is 11.5 Å². The first kappa shape index (κ1) is 18.5. The van der Waals surface area contributed by atoms with Crippen LogP contribution in [-0.4, -0.2) is 16.7 Å². The van der Waals surface area contributed by atoms with Gasteiger partial charge >= 0.3 is 0 Å². The van der Waals surface area contributed by atoms with Gasteiger partial charge in [-0.3, -0.25) is 9.59 Å². The number of hydrogen-bond donors (Lipinski definition) is 2. The summed E-state index contributed by atoms with van der Waals surface area (Å²) in [5, 5.41) is 2.09. The van der Waals surface area contributed by atoms with Crippen LogP contribution in [0.25, 0.3) is 10.8 Å². The molecule has 0 spiro atoms. The first-order valence-corrected chi connectivity index (χ1v) is 9.34. The molecule has 0 aromatic heterocycles. The van der Waals surface area contributed by atoms with Crippen molar-refractivity contribution in [3.05, 3.63) is 107 Å². The molecular weight excluding hydrogens is 362 g/mol. The number of nitrogens with zero attached hydrogens (tertiary/aromatic N) is 1. The van der Waals surface area contributed by atoms with Gasteiger partial charge in [0.05, 0.1) is 0 Å². The van der Waals surface area contributed by atoms with Crippen molar-refractivity contribution in [3.63, 3.8) is 0 Å². The summed E-state index contributed by atoms with van der Waals surface area (Å²) < 4.78 is 0. The number of carbonyl (C=O) groups is 2. The number of fused-ring (bicyclic) bond motifs is 1. The maximum atomic E-state index is 12.3. The third-order valence-electron chi connectivity index (χ3n) is 5.12. The topological polar surface area (TPSA) is 89.4 Å². The lowest BCUT2D eigenvalue weighted by molar-refractivity contribution is -0.115. The SMILES string of the molecule is NC(=O)C1=CN(Cc2ccccc2)C=C(C(N)=O)C1c1ccc2ccccc2c1. The predicted molar refractivity (Wildman–Crippen MR) is 113 cm³/mol. The Bertz CT molecular complexity index is 1120. The third-order valence-corrected chi connectivity index (χ3v) is 5.12. The fourth-order valence-electron chi connectivity index (χ4n) is 3.75. The van der Waals surface area contributed by atoms with Gasteiger partial charge in [0.1, 0.15) is 0 Å². The first-order chi connectivity index (χ1) is 14.0. The van der Waals surface area contributed by atoms with Gasteiger partial charge in [0.25, 0.3) is 0 Å². The molecule has 144 valence electrons. The van der Waals surface area contributed by atoms with E-state index in [0.717, 1.165) is 21.9 Å². The fourth-order valence-corrected chi connectivity index (χ4v) is 3.75.